The Kier molecular flexibility index (Phi) is 5.17. The minimum atomic E-state index is -0.924. The molecule has 1 amide bonds. The Labute approximate surface area is 158 Å². The summed E-state index contributed by atoms with van der Waals surface area (Å²) in [4.78, 5) is 41.8. The number of hydrogen-bond donors (Lipinski definition) is 1. The van der Waals surface area contributed by atoms with Crippen LogP contribution in [0.4, 0.5) is 5.69 Å². The Hall–Kier alpha value is -2.89. The van der Waals surface area contributed by atoms with E-state index >= 15 is 0 Å². The first kappa shape index (κ1) is 18.9. The first-order chi connectivity index (χ1) is 12.8. The lowest BCUT2D eigenvalue weighted by Crippen LogP contribution is -2.42. The molecule has 6 heteroatoms. The Morgan fingerprint density at radius 3 is 2.56 bits per heavy atom. The maximum absolute atomic E-state index is 12.9. The molecule has 0 radical (unpaired) electrons. The average Bonchev–Trinajstić information content (AvgIpc) is 2.95. The van der Waals surface area contributed by atoms with E-state index in [1.807, 2.05) is 24.3 Å². The third kappa shape index (κ3) is 3.52. The van der Waals surface area contributed by atoms with Crippen LogP contribution in [0, 0.1) is 13.8 Å². The molecule has 0 unspecified atom stereocenters. The zero-order valence-electron chi connectivity index (χ0n) is 16.1. The van der Waals surface area contributed by atoms with Crippen LogP contribution in [0.25, 0.3) is 0 Å². The summed E-state index contributed by atoms with van der Waals surface area (Å²) >= 11 is 0. The highest BCUT2D eigenvalue weighted by Crippen LogP contribution is 2.28. The molecule has 1 aliphatic heterocycles. The number of aromatic amines is 1. The number of nitrogens with one attached hydrogen (secondary N) is 1. The number of amides is 1. The molecular formula is C21H24N2O4. The third-order valence-corrected chi connectivity index (χ3v) is 5.00. The number of hydrogen-bond acceptors (Lipinski definition) is 4. The fraction of sp³-hybridized carbons (Fsp3) is 0.381. The van der Waals surface area contributed by atoms with E-state index in [9.17, 15) is 14.4 Å². The second kappa shape index (κ2) is 7.39. The summed E-state index contributed by atoms with van der Waals surface area (Å²) in [5.41, 5.74) is 3.88. The van der Waals surface area contributed by atoms with Crippen LogP contribution in [0.5, 0.6) is 0 Å². The van der Waals surface area contributed by atoms with Crippen molar-refractivity contribution in [2.24, 2.45) is 0 Å². The summed E-state index contributed by atoms with van der Waals surface area (Å²) in [6.45, 7) is 7.07. The predicted molar refractivity (Wildman–Crippen MR) is 102 cm³/mol. The monoisotopic (exact) mass is 368 g/mol. The Bertz CT molecular complexity index is 913. The lowest BCUT2D eigenvalue weighted by molar-refractivity contribution is -0.126. The van der Waals surface area contributed by atoms with Crippen LogP contribution in [0.1, 0.15) is 57.9 Å². The standard InChI is InChI=1S/C21H24N2O4/c1-12-18(14(3)24)13(2)22-19(12)21(26)27-15(4)20(25)23-11-7-9-16-8-5-6-10-17(16)23/h5-6,8,10,15,22H,7,9,11H2,1-4H3/t15-/m0/s1. The van der Waals surface area contributed by atoms with Gasteiger partial charge in [-0.15, -0.1) is 0 Å². The number of aryl methyl sites for hydroxylation is 2. The van der Waals surface area contributed by atoms with Crippen LogP contribution >= 0.6 is 0 Å². The van der Waals surface area contributed by atoms with Crippen molar-refractivity contribution in [3.63, 3.8) is 0 Å². The number of benzene rings is 1. The van der Waals surface area contributed by atoms with Gasteiger partial charge >= 0.3 is 5.97 Å². The van der Waals surface area contributed by atoms with Gasteiger partial charge in [0.25, 0.3) is 5.91 Å². The first-order valence-electron chi connectivity index (χ1n) is 9.11. The number of para-hydroxylation sites is 1. The lowest BCUT2D eigenvalue weighted by Gasteiger charge is -2.31. The number of Topliss-reactive ketones (excluding diaryl/α,β-unsaturated/α-hetero) is 1. The fourth-order valence-electron chi connectivity index (χ4n) is 3.73. The van der Waals surface area contributed by atoms with Crippen LogP contribution in [0.2, 0.25) is 0 Å². The van der Waals surface area contributed by atoms with Crippen LogP contribution in [-0.2, 0) is 16.0 Å². The number of aromatic nitrogens is 1. The third-order valence-electron chi connectivity index (χ3n) is 5.00. The van der Waals surface area contributed by atoms with Crippen molar-refractivity contribution in [1.29, 1.82) is 0 Å². The number of rotatable bonds is 4. The van der Waals surface area contributed by atoms with E-state index in [-0.39, 0.29) is 17.4 Å². The maximum atomic E-state index is 12.9. The molecule has 1 atom stereocenters. The normalized spacial score (nSPS) is 14.4. The van der Waals surface area contributed by atoms with Gasteiger partial charge in [0.15, 0.2) is 11.9 Å². The average molecular weight is 368 g/mol. The molecule has 0 spiro atoms. The highest BCUT2D eigenvalue weighted by molar-refractivity contribution is 6.02. The molecule has 27 heavy (non-hydrogen) atoms. The fourth-order valence-corrected chi connectivity index (χ4v) is 3.73. The van der Waals surface area contributed by atoms with Gasteiger partial charge in [-0.3, -0.25) is 9.59 Å². The topological polar surface area (TPSA) is 79.5 Å². The molecule has 2 aromatic rings. The summed E-state index contributed by atoms with van der Waals surface area (Å²) in [7, 11) is 0. The van der Waals surface area contributed by atoms with Gasteiger partial charge in [-0.2, -0.15) is 0 Å². The minimum absolute atomic E-state index is 0.116. The number of esters is 1. The lowest BCUT2D eigenvalue weighted by atomic mass is 10.0. The van der Waals surface area contributed by atoms with Crippen LogP contribution in [0.15, 0.2) is 24.3 Å². The zero-order valence-corrected chi connectivity index (χ0v) is 16.1. The summed E-state index contributed by atoms with van der Waals surface area (Å²) in [5.74, 6) is -0.994. The SMILES string of the molecule is CC(=O)c1c(C)[nH]c(C(=O)O[C@@H](C)C(=O)N2CCCc3ccccc32)c1C. The van der Waals surface area contributed by atoms with E-state index in [0.29, 0.717) is 23.4 Å². The summed E-state index contributed by atoms with van der Waals surface area (Å²) in [5, 5.41) is 0. The molecular weight excluding hydrogens is 344 g/mol. The van der Waals surface area contributed by atoms with Crippen LogP contribution < -0.4 is 4.90 Å². The van der Waals surface area contributed by atoms with Gasteiger partial charge in [-0.25, -0.2) is 4.79 Å². The van der Waals surface area contributed by atoms with Gasteiger partial charge in [-0.05, 0) is 57.7 Å². The number of fused-ring (bicyclic) bond motifs is 1. The molecule has 0 saturated heterocycles. The van der Waals surface area contributed by atoms with E-state index in [1.54, 1.807) is 25.7 Å². The number of carbonyl (C=O) groups excluding carboxylic acids is 3. The van der Waals surface area contributed by atoms with Crippen LogP contribution in [0.3, 0.4) is 0 Å². The summed E-state index contributed by atoms with van der Waals surface area (Å²) in [6, 6.07) is 7.78. The quantitative estimate of drug-likeness (QED) is 0.663. The van der Waals surface area contributed by atoms with Crippen molar-refractivity contribution in [3.05, 3.63) is 52.3 Å². The van der Waals surface area contributed by atoms with E-state index < -0.39 is 12.1 Å². The maximum Gasteiger partial charge on any atom is 0.355 e. The van der Waals surface area contributed by atoms with Crippen molar-refractivity contribution >= 4 is 23.3 Å². The van der Waals surface area contributed by atoms with Crippen LogP contribution in [-0.4, -0.2) is 35.3 Å². The first-order valence-corrected chi connectivity index (χ1v) is 9.11. The molecule has 2 heterocycles. The van der Waals surface area contributed by atoms with Gasteiger partial charge in [0, 0.05) is 23.5 Å². The van der Waals surface area contributed by atoms with Crippen molar-refractivity contribution in [1.82, 2.24) is 4.98 Å². The molecule has 1 aromatic heterocycles. The van der Waals surface area contributed by atoms with E-state index in [4.69, 9.17) is 4.74 Å². The number of anilines is 1. The number of nitrogens with zero attached hydrogens (tertiary/aromatic N) is 1. The molecule has 0 fully saturated rings. The Morgan fingerprint density at radius 2 is 1.89 bits per heavy atom. The smallest absolute Gasteiger partial charge is 0.355 e. The van der Waals surface area contributed by atoms with E-state index in [2.05, 4.69) is 4.98 Å². The number of carbonyl (C=O) groups is 3. The van der Waals surface area contributed by atoms with Gasteiger partial charge in [0.1, 0.15) is 5.69 Å². The van der Waals surface area contributed by atoms with E-state index in [0.717, 1.165) is 24.1 Å². The molecule has 3 rings (SSSR count). The number of H-pyrrole nitrogens is 1. The largest absolute Gasteiger partial charge is 0.448 e. The highest BCUT2D eigenvalue weighted by Gasteiger charge is 2.30. The molecule has 1 N–H and O–H groups in total. The van der Waals surface area contributed by atoms with E-state index in [1.165, 1.54) is 6.92 Å². The predicted octanol–water partition coefficient (Wildman–Crippen LogP) is 3.36. The molecule has 0 saturated carbocycles. The Balaban J connectivity index is 1.77. The molecule has 142 valence electrons. The van der Waals surface area contributed by atoms with Crippen molar-refractivity contribution < 1.29 is 19.1 Å². The summed E-state index contributed by atoms with van der Waals surface area (Å²) < 4.78 is 5.42. The zero-order chi connectivity index (χ0) is 19.7. The van der Waals surface area contributed by atoms with Gasteiger partial charge in [-0.1, -0.05) is 18.2 Å². The second-order valence-corrected chi connectivity index (χ2v) is 6.95. The molecule has 1 aromatic carbocycles. The molecule has 1 aliphatic rings. The van der Waals surface area contributed by atoms with Gasteiger partial charge < -0.3 is 14.6 Å². The minimum Gasteiger partial charge on any atom is -0.448 e. The molecule has 6 nitrogen and oxygen atoms in total. The number of ether oxygens (including phenoxy) is 1. The highest BCUT2D eigenvalue weighted by atomic mass is 16.5. The van der Waals surface area contributed by atoms with Gasteiger partial charge in [0.05, 0.1) is 0 Å². The second-order valence-electron chi connectivity index (χ2n) is 6.95. The van der Waals surface area contributed by atoms with Crippen molar-refractivity contribution in [2.75, 3.05) is 11.4 Å². The molecule has 0 bridgehead atoms. The Morgan fingerprint density at radius 1 is 1.19 bits per heavy atom. The summed E-state index contributed by atoms with van der Waals surface area (Å²) in [6.07, 6.45) is 0.885. The van der Waals surface area contributed by atoms with Gasteiger partial charge in [0.2, 0.25) is 0 Å². The van der Waals surface area contributed by atoms with Crippen molar-refractivity contribution in [3.8, 4) is 0 Å². The molecule has 0 aliphatic carbocycles. The number of ketones is 1. The van der Waals surface area contributed by atoms with Crippen molar-refractivity contribution in [2.45, 2.75) is 46.6 Å².